The number of hydrogen-bond acceptors (Lipinski definition) is 5. The van der Waals surface area contributed by atoms with Crippen LogP contribution in [0.1, 0.15) is 30.4 Å². The maximum absolute atomic E-state index is 12.0. The van der Waals surface area contributed by atoms with Gasteiger partial charge in [0, 0.05) is 18.9 Å². The van der Waals surface area contributed by atoms with Crippen LogP contribution in [0, 0.1) is 0 Å². The predicted molar refractivity (Wildman–Crippen MR) is 110 cm³/mol. The lowest BCUT2D eigenvalue weighted by atomic mass is 9.98. The minimum absolute atomic E-state index is 0.0524. The first-order chi connectivity index (χ1) is 14.2. The van der Waals surface area contributed by atoms with Crippen LogP contribution in [0.2, 0.25) is 0 Å². The summed E-state index contributed by atoms with van der Waals surface area (Å²) in [5, 5.41) is 2.70. The molecular weight excluding hydrogens is 370 g/mol. The van der Waals surface area contributed by atoms with Crippen molar-refractivity contribution in [3.63, 3.8) is 0 Å². The molecule has 0 aromatic heterocycles. The molecule has 0 radical (unpaired) electrons. The van der Waals surface area contributed by atoms with Crippen LogP contribution in [0.5, 0.6) is 0 Å². The molecule has 154 valence electrons. The van der Waals surface area contributed by atoms with Crippen LogP contribution in [0.15, 0.2) is 48.5 Å². The Bertz CT molecular complexity index is 790. The Morgan fingerprint density at radius 2 is 1.45 bits per heavy atom. The van der Waals surface area contributed by atoms with E-state index in [4.69, 9.17) is 14.2 Å². The molecule has 0 heterocycles. The van der Waals surface area contributed by atoms with Crippen molar-refractivity contribution in [1.29, 1.82) is 0 Å². The van der Waals surface area contributed by atoms with Gasteiger partial charge in [-0.1, -0.05) is 48.5 Å². The fraction of sp³-hybridized carbons (Fsp3) is 0.391. The van der Waals surface area contributed by atoms with E-state index in [-0.39, 0.29) is 11.7 Å². The molecule has 1 aliphatic rings. The number of alkyl carbamates (subject to hydrolysis) is 1. The highest BCUT2D eigenvalue weighted by Crippen LogP contribution is 2.44. The van der Waals surface area contributed by atoms with Gasteiger partial charge in [0.25, 0.3) is 0 Å². The van der Waals surface area contributed by atoms with Gasteiger partial charge in [0.1, 0.15) is 12.4 Å². The fourth-order valence-electron chi connectivity index (χ4n) is 3.41. The van der Waals surface area contributed by atoms with Crippen LogP contribution in [-0.4, -0.2) is 51.5 Å². The Balaban J connectivity index is 1.35. The van der Waals surface area contributed by atoms with Crippen molar-refractivity contribution >= 4 is 11.9 Å². The zero-order chi connectivity index (χ0) is 20.5. The van der Waals surface area contributed by atoms with Crippen LogP contribution < -0.4 is 5.32 Å². The van der Waals surface area contributed by atoms with Crippen molar-refractivity contribution in [2.45, 2.75) is 19.3 Å². The number of carbonyl (C=O) groups excluding carboxylic acids is 2. The van der Waals surface area contributed by atoms with Crippen molar-refractivity contribution in [3.05, 3.63) is 59.7 Å². The van der Waals surface area contributed by atoms with E-state index in [9.17, 15) is 9.59 Å². The average Bonchev–Trinajstić information content (AvgIpc) is 3.04. The smallest absolute Gasteiger partial charge is 0.407 e. The monoisotopic (exact) mass is 397 g/mol. The van der Waals surface area contributed by atoms with Crippen molar-refractivity contribution in [1.82, 2.24) is 5.32 Å². The van der Waals surface area contributed by atoms with Gasteiger partial charge in [-0.05, 0) is 29.2 Å². The van der Waals surface area contributed by atoms with Crippen molar-refractivity contribution < 1.29 is 23.8 Å². The maximum atomic E-state index is 12.0. The van der Waals surface area contributed by atoms with Gasteiger partial charge in [-0.3, -0.25) is 4.79 Å². The zero-order valence-electron chi connectivity index (χ0n) is 16.7. The Kier molecular flexibility index (Phi) is 7.78. The van der Waals surface area contributed by atoms with Crippen LogP contribution >= 0.6 is 0 Å². The van der Waals surface area contributed by atoms with Crippen molar-refractivity contribution in [3.8, 4) is 11.1 Å². The van der Waals surface area contributed by atoms with Gasteiger partial charge < -0.3 is 19.5 Å². The molecule has 0 saturated heterocycles. The number of ether oxygens (including phenoxy) is 3. The molecule has 3 rings (SSSR count). The van der Waals surface area contributed by atoms with Crippen LogP contribution in [0.3, 0.4) is 0 Å². The zero-order valence-corrected chi connectivity index (χ0v) is 16.7. The summed E-state index contributed by atoms with van der Waals surface area (Å²) in [4.78, 5) is 22.8. The van der Waals surface area contributed by atoms with Gasteiger partial charge in [0.2, 0.25) is 0 Å². The molecule has 0 unspecified atom stereocenters. The van der Waals surface area contributed by atoms with E-state index < -0.39 is 6.09 Å². The van der Waals surface area contributed by atoms with Gasteiger partial charge in [-0.15, -0.1) is 0 Å². The minimum Gasteiger partial charge on any atom is -0.449 e. The molecule has 1 N–H and O–H groups in total. The van der Waals surface area contributed by atoms with E-state index in [1.54, 1.807) is 0 Å². The second-order valence-electron chi connectivity index (χ2n) is 6.93. The lowest BCUT2D eigenvalue weighted by Gasteiger charge is -2.14. The van der Waals surface area contributed by atoms with Gasteiger partial charge in [-0.25, -0.2) is 4.79 Å². The molecule has 0 saturated carbocycles. The summed E-state index contributed by atoms with van der Waals surface area (Å²) in [5.74, 6) is 0.162. The van der Waals surface area contributed by atoms with E-state index in [1.165, 1.54) is 29.2 Å². The predicted octanol–water partition coefficient (Wildman–Crippen LogP) is 3.54. The second-order valence-corrected chi connectivity index (χ2v) is 6.93. The molecule has 29 heavy (non-hydrogen) atoms. The normalized spacial score (nSPS) is 12.3. The van der Waals surface area contributed by atoms with Crippen molar-refractivity contribution in [2.24, 2.45) is 0 Å². The second kappa shape index (κ2) is 10.7. The maximum Gasteiger partial charge on any atom is 0.407 e. The standard InChI is InChI=1S/C23H27NO5/c1-17(25)10-12-27-14-15-28-13-11-24-23(26)29-16-22-20-8-4-2-6-18(20)19-7-3-5-9-21(19)22/h2-9,22H,10-16H2,1H3,(H,24,26). The topological polar surface area (TPSA) is 73.9 Å². The van der Waals surface area contributed by atoms with E-state index in [0.717, 1.165) is 0 Å². The molecule has 6 heteroatoms. The van der Waals surface area contributed by atoms with Gasteiger partial charge in [0.05, 0.1) is 26.4 Å². The number of ketones is 1. The molecule has 1 amide bonds. The molecule has 1 aliphatic carbocycles. The third kappa shape index (κ3) is 5.89. The molecule has 0 aliphatic heterocycles. The molecule has 0 bridgehead atoms. The van der Waals surface area contributed by atoms with Gasteiger partial charge >= 0.3 is 6.09 Å². The molecule has 2 aromatic rings. The van der Waals surface area contributed by atoms with Crippen LogP contribution in [0.4, 0.5) is 4.79 Å². The fourth-order valence-corrected chi connectivity index (χ4v) is 3.41. The highest BCUT2D eigenvalue weighted by atomic mass is 16.5. The molecule has 0 atom stereocenters. The third-order valence-electron chi connectivity index (χ3n) is 4.83. The summed E-state index contributed by atoms with van der Waals surface area (Å²) in [6, 6.07) is 16.5. The van der Waals surface area contributed by atoms with E-state index >= 15 is 0 Å². The first-order valence-corrected chi connectivity index (χ1v) is 9.90. The summed E-state index contributed by atoms with van der Waals surface area (Å²) >= 11 is 0. The van der Waals surface area contributed by atoms with Gasteiger partial charge in [0.15, 0.2) is 0 Å². The molecule has 0 fully saturated rings. The summed E-state index contributed by atoms with van der Waals surface area (Å²) in [5.41, 5.74) is 4.79. The van der Waals surface area contributed by atoms with Crippen LogP contribution in [0.25, 0.3) is 11.1 Å². The van der Waals surface area contributed by atoms with Gasteiger partial charge in [-0.2, -0.15) is 0 Å². The Morgan fingerprint density at radius 1 is 0.862 bits per heavy atom. The number of rotatable bonds is 11. The van der Waals surface area contributed by atoms with E-state index in [1.807, 2.05) is 24.3 Å². The number of Topliss-reactive ketones (excluding diaryl/α,β-unsaturated/α-hetero) is 1. The summed E-state index contributed by atoms with van der Waals surface area (Å²) < 4.78 is 16.1. The Hall–Kier alpha value is -2.70. The van der Waals surface area contributed by atoms with Crippen LogP contribution in [-0.2, 0) is 19.0 Å². The number of fused-ring (bicyclic) bond motifs is 3. The lowest BCUT2D eigenvalue weighted by Crippen LogP contribution is -2.29. The highest BCUT2D eigenvalue weighted by molar-refractivity contribution is 5.79. The molecule has 0 spiro atoms. The number of nitrogens with one attached hydrogen (secondary N) is 1. The molecule has 6 nitrogen and oxygen atoms in total. The molecule has 2 aromatic carbocycles. The highest BCUT2D eigenvalue weighted by Gasteiger charge is 2.28. The van der Waals surface area contributed by atoms with Crippen molar-refractivity contribution in [2.75, 3.05) is 39.6 Å². The third-order valence-corrected chi connectivity index (χ3v) is 4.83. The Labute approximate surface area is 171 Å². The average molecular weight is 397 g/mol. The molecular formula is C23H27NO5. The Morgan fingerprint density at radius 3 is 2.07 bits per heavy atom. The summed E-state index contributed by atoms with van der Waals surface area (Å²) in [6.45, 7) is 3.84. The number of carbonyl (C=O) groups is 2. The summed E-state index contributed by atoms with van der Waals surface area (Å²) in [6.07, 6.45) is -0.0308. The lowest BCUT2D eigenvalue weighted by molar-refractivity contribution is -0.118. The largest absolute Gasteiger partial charge is 0.449 e. The first-order valence-electron chi connectivity index (χ1n) is 9.90. The number of hydrogen-bond donors (Lipinski definition) is 1. The van der Waals surface area contributed by atoms with E-state index in [0.29, 0.717) is 46.0 Å². The number of amides is 1. The van der Waals surface area contributed by atoms with E-state index in [2.05, 4.69) is 29.6 Å². The summed E-state index contributed by atoms with van der Waals surface area (Å²) in [7, 11) is 0. The SMILES string of the molecule is CC(=O)CCOCCOCCNC(=O)OCC1c2ccccc2-c2ccccc21. The first kappa shape index (κ1) is 21.0. The quantitative estimate of drug-likeness (QED) is 0.587. The minimum atomic E-state index is -0.451. The number of benzene rings is 2.